The van der Waals surface area contributed by atoms with Crippen LogP contribution >= 0.6 is 0 Å². The van der Waals surface area contributed by atoms with Gasteiger partial charge in [0.15, 0.2) is 18.9 Å². The van der Waals surface area contributed by atoms with Crippen LogP contribution in [0.15, 0.2) is 0 Å². The third-order valence-corrected chi connectivity index (χ3v) is 8.91. The largest absolute Gasteiger partial charge is 0.444 e. The monoisotopic (exact) mass is 708 g/mol. The first-order valence-electron chi connectivity index (χ1n) is 16.9. The molecule has 3 heterocycles. The van der Waals surface area contributed by atoms with E-state index in [2.05, 4.69) is 10.6 Å². The van der Waals surface area contributed by atoms with Crippen LogP contribution in [-0.2, 0) is 38.0 Å². The van der Waals surface area contributed by atoms with Gasteiger partial charge in [0.1, 0.15) is 48.3 Å². The van der Waals surface area contributed by atoms with Gasteiger partial charge >= 0.3 is 6.09 Å². The van der Waals surface area contributed by atoms with Gasteiger partial charge in [-0.1, -0.05) is 0 Å². The van der Waals surface area contributed by atoms with Crippen LogP contribution < -0.4 is 33.6 Å². The number of carbonyl (C=O) groups is 2. The molecule has 1 saturated carbocycles. The van der Waals surface area contributed by atoms with Crippen molar-refractivity contribution >= 4 is 12.0 Å². The molecule has 4 rings (SSSR count). The van der Waals surface area contributed by atoms with E-state index in [1.165, 1.54) is 0 Å². The molecule has 1 unspecified atom stereocenters. The lowest BCUT2D eigenvalue weighted by Gasteiger charge is -2.46. The van der Waals surface area contributed by atoms with Crippen molar-refractivity contribution in [3.63, 3.8) is 0 Å². The van der Waals surface area contributed by atoms with E-state index >= 15 is 0 Å². The minimum Gasteiger partial charge on any atom is -0.444 e. The molecule has 2 amide bonds. The Kier molecular flexibility index (Phi) is 14.4. The number of carbonyl (C=O) groups excluding carboxylic acids is 2. The van der Waals surface area contributed by atoms with Crippen molar-refractivity contribution in [1.82, 2.24) is 10.6 Å². The molecular weight excluding hydrogens is 652 g/mol. The average Bonchev–Trinajstić information content (AvgIpc) is 3.34. The summed E-state index contributed by atoms with van der Waals surface area (Å²) in [7, 11) is 0. The van der Waals surface area contributed by atoms with Gasteiger partial charge in [-0.2, -0.15) is 0 Å². The van der Waals surface area contributed by atoms with Crippen molar-refractivity contribution in [3.8, 4) is 0 Å². The molecule has 19 nitrogen and oxygen atoms in total. The maximum atomic E-state index is 13.0. The molecule has 0 aromatic carbocycles. The Balaban J connectivity index is 1.49. The first-order chi connectivity index (χ1) is 23.1. The van der Waals surface area contributed by atoms with E-state index in [0.29, 0.717) is 25.9 Å². The molecule has 14 N–H and O–H groups in total. The average molecular weight is 709 g/mol. The molecule has 1 aliphatic carbocycles. The standard InChI is InChI=1S/C30H56N6O13/c1-30(2,3)49-29(42)35-11-18(38)25(41)36-17-9-16(34)22(46-27-15(33)7-6-13(10-31)44-27)24(20(17)39)48-28-21(40)23(19(12-37)45-28)47-26-14(32)5-4-8-43-26/h13-24,26-28,37-40H,4-12,31-34H2,1-3H3,(H,35,42)(H,36,41)/t13-,14+,15+,16-,17+,18-,19?,20-,21+,22+,23+,24+,26+,27+,28-/m0/s1. The van der Waals surface area contributed by atoms with Crippen LogP contribution in [0.5, 0.6) is 0 Å². The van der Waals surface area contributed by atoms with E-state index < -0.39 is 117 Å². The summed E-state index contributed by atoms with van der Waals surface area (Å²) < 4.78 is 40.9. The minimum atomic E-state index is -1.71. The van der Waals surface area contributed by atoms with E-state index in [-0.39, 0.29) is 19.1 Å². The predicted molar refractivity (Wildman–Crippen MR) is 169 cm³/mol. The highest BCUT2D eigenvalue weighted by Gasteiger charge is 2.53. The van der Waals surface area contributed by atoms with Crippen molar-refractivity contribution in [1.29, 1.82) is 0 Å². The summed E-state index contributed by atoms with van der Waals surface area (Å²) in [5.74, 6) is -0.913. The fourth-order valence-electron chi connectivity index (χ4n) is 6.28. The highest BCUT2D eigenvalue weighted by atomic mass is 16.8. The number of amides is 2. The molecule has 0 aromatic heterocycles. The zero-order valence-electron chi connectivity index (χ0n) is 28.3. The topological polar surface area (TPSA) is 308 Å². The molecule has 4 aliphatic rings. The second-order valence-electron chi connectivity index (χ2n) is 14.1. The molecule has 3 aliphatic heterocycles. The number of ether oxygens (including phenoxy) is 7. The molecule has 0 bridgehead atoms. The van der Waals surface area contributed by atoms with E-state index in [1.54, 1.807) is 20.8 Å². The second-order valence-corrected chi connectivity index (χ2v) is 14.1. The number of nitrogens with two attached hydrogens (primary N) is 4. The van der Waals surface area contributed by atoms with Gasteiger partial charge in [0.2, 0.25) is 0 Å². The molecule has 284 valence electrons. The highest BCUT2D eigenvalue weighted by molar-refractivity contribution is 5.81. The van der Waals surface area contributed by atoms with Crippen LogP contribution in [0.3, 0.4) is 0 Å². The molecule has 19 heteroatoms. The van der Waals surface area contributed by atoms with E-state index in [0.717, 1.165) is 6.42 Å². The smallest absolute Gasteiger partial charge is 0.407 e. The third kappa shape index (κ3) is 10.6. The van der Waals surface area contributed by atoms with Crippen molar-refractivity contribution in [2.24, 2.45) is 22.9 Å². The van der Waals surface area contributed by atoms with Gasteiger partial charge in [-0.05, 0) is 52.9 Å². The maximum absolute atomic E-state index is 13.0. The third-order valence-electron chi connectivity index (χ3n) is 8.91. The Morgan fingerprint density at radius 3 is 2.22 bits per heavy atom. The Morgan fingerprint density at radius 1 is 0.898 bits per heavy atom. The van der Waals surface area contributed by atoms with E-state index in [9.17, 15) is 30.0 Å². The molecule has 4 fully saturated rings. The SMILES string of the molecule is CC(C)(C)OC(=O)NC[C@H](O)C(=O)N[C@@H]1C[C@H](N)[C@@H](O[C@H]2O[C@H](CN)CC[C@H]2N)[C@H](O[C@@H]2OC(CO)[C@@H](O[C@H]3OCCC[C@H]3N)[C@H]2O)[C@H]1O. The van der Waals surface area contributed by atoms with Gasteiger partial charge in [0, 0.05) is 19.2 Å². The zero-order chi connectivity index (χ0) is 36.0. The lowest BCUT2D eigenvalue weighted by Crippen LogP contribution is -2.67. The number of rotatable bonds is 12. The van der Waals surface area contributed by atoms with Gasteiger partial charge in [0.05, 0.1) is 37.4 Å². The predicted octanol–water partition coefficient (Wildman–Crippen LogP) is -4.06. The van der Waals surface area contributed by atoms with Gasteiger partial charge in [-0.3, -0.25) is 4.79 Å². The first kappa shape index (κ1) is 40.0. The van der Waals surface area contributed by atoms with Gasteiger partial charge < -0.3 is 87.2 Å². The van der Waals surface area contributed by atoms with Crippen LogP contribution in [-0.4, -0.2) is 156 Å². The Hall–Kier alpha value is -1.82. The van der Waals surface area contributed by atoms with Gasteiger partial charge in [-0.25, -0.2) is 4.79 Å². The molecule has 3 saturated heterocycles. The van der Waals surface area contributed by atoms with Crippen molar-refractivity contribution in [2.75, 3.05) is 26.3 Å². The number of aliphatic hydroxyl groups is 4. The lowest BCUT2D eigenvalue weighted by molar-refractivity contribution is -0.288. The summed E-state index contributed by atoms with van der Waals surface area (Å²) in [6.45, 7) is 4.61. The van der Waals surface area contributed by atoms with Crippen LogP contribution in [0.25, 0.3) is 0 Å². The number of nitrogens with one attached hydrogen (secondary N) is 2. The quantitative estimate of drug-likeness (QED) is 0.0922. The van der Waals surface area contributed by atoms with Crippen LogP contribution in [0.1, 0.15) is 52.9 Å². The maximum Gasteiger partial charge on any atom is 0.407 e. The molecule has 0 spiro atoms. The van der Waals surface area contributed by atoms with Gasteiger partial charge in [-0.15, -0.1) is 0 Å². The zero-order valence-corrected chi connectivity index (χ0v) is 28.3. The van der Waals surface area contributed by atoms with Crippen LogP contribution in [0, 0.1) is 0 Å². The number of hydrogen-bond donors (Lipinski definition) is 10. The number of hydrogen-bond acceptors (Lipinski definition) is 17. The fraction of sp³-hybridized carbons (Fsp3) is 0.933. The Bertz CT molecular complexity index is 1070. The van der Waals surface area contributed by atoms with E-state index in [4.69, 9.17) is 56.1 Å². The van der Waals surface area contributed by atoms with Crippen LogP contribution in [0.2, 0.25) is 0 Å². The molecule has 15 atom stereocenters. The highest BCUT2D eigenvalue weighted by Crippen LogP contribution is 2.34. The van der Waals surface area contributed by atoms with Gasteiger partial charge in [0.25, 0.3) is 5.91 Å². The van der Waals surface area contributed by atoms with E-state index in [1.807, 2.05) is 0 Å². The summed E-state index contributed by atoms with van der Waals surface area (Å²) in [6, 6.07) is -3.01. The lowest BCUT2D eigenvalue weighted by atomic mass is 9.83. The molecule has 0 aromatic rings. The summed E-state index contributed by atoms with van der Waals surface area (Å²) >= 11 is 0. The molecule has 0 radical (unpaired) electrons. The molecular formula is C30H56N6O13. The Morgan fingerprint density at radius 2 is 1.57 bits per heavy atom. The molecule has 49 heavy (non-hydrogen) atoms. The Labute approximate surface area is 285 Å². The summed E-state index contributed by atoms with van der Waals surface area (Å²) in [6.07, 6.45) is -11.3. The van der Waals surface area contributed by atoms with Crippen molar-refractivity contribution in [3.05, 3.63) is 0 Å². The first-order valence-corrected chi connectivity index (χ1v) is 16.9. The summed E-state index contributed by atoms with van der Waals surface area (Å²) in [5.41, 5.74) is 24.0. The number of alkyl carbamates (subject to hydrolysis) is 1. The number of aliphatic hydroxyl groups excluding tert-OH is 4. The van der Waals surface area contributed by atoms with Crippen molar-refractivity contribution in [2.45, 2.75) is 150 Å². The summed E-state index contributed by atoms with van der Waals surface area (Å²) in [5, 5.41) is 48.3. The normalized spacial score (nSPS) is 40.8. The minimum absolute atomic E-state index is 0.0398. The fourth-order valence-corrected chi connectivity index (χ4v) is 6.28. The van der Waals surface area contributed by atoms with Crippen LogP contribution in [0.4, 0.5) is 4.79 Å². The summed E-state index contributed by atoms with van der Waals surface area (Å²) in [4.78, 5) is 25.0. The van der Waals surface area contributed by atoms with Crippen molar-refractivity contribution < 1.29 is 63.2 Å². The second kappa shape index (κ2) is 17.6.